The Morgan fingerprint density at radius 2 is 1.81 bits per heavy atom. The lowest BCUT2D eigenvalue weighted by Gasteiger charge is -2.02. The summed E-state index contributed by atoms with van der Waals surface area (Å²) in [5, 5.41) is 18.3. The van der Waals surface area contributed by atoms with E-state index in [0.29, 0.717) is 33.8 Å². The number of nitriles is 2. The molecular formula is C22H14N2O3. The highest BCUT2D eigenvalue weighted by Gasteiger charge is 2.10. The Bertz CT molecular complexity index is 1090. The maximum Gasteiger partial charge on any atom is 0.337 e. The van der Waals surface area contributed by atoms with E-state index < -0.39 is 5.97 Å². The summed E-state index contributed by atoms with van der Waals surface area (Å²) in [5.41, 5.74) is 2.81. The van der Waals surface area contributed by atoms with E-state index in [-0.39, 0.29) is 0 Å². The number of esters is 1. The minimum Gasteiger partial charge on any atom is -0.465 e. The summed E-state index contributed by atoms with van der Waals surface area (Å²) < 4.78 is 10.5. The number of benzene rings is 2. The second-order valence-corrected chi connectivity index (χ2v) is 5.63. The molecule has 0 atom stereocenters. The third-order valence-electron chi connectivity index (χ3n) is 3.93. The van der Waals surface area contributed by atoms with Crippen molar-refractivity contribution in [2.24, 2.45) is 0 Å². The molecule has 0 spiro atoms. The highest BCUT2D eigenvalue weighted by atomic mass is 16.5. The molecule has 0 aliphatic carbocycles. The lowest BCUT2D eigenvalue weighted by atomic mass is 10.0. The number of allylic oxidation sites excluding steroid dienone is 1. The first-order valence-corrected chi connectivity index (χ1v) is 8.05. The van der Waals surface area contributed by atoms with Gasteiger partial charge in [-0.15, -0.1) is 0 Å². The second-order valence-electron chi connectivity index (χ2n) is 5.63. The molecule has 5 heteroatoms. The molecule has 0 saturated carbocycles. The van der Waals surface area contributed by atoms with E-state index in [1.807, 2.05) is 12.1 Å². The maximum atomic E-state index is 11.7. The van der Waals surface area contributed by atoms with Crippen LogP contribution in [0.5, 0.6) is 0 Å². The van der Waals surface area contributed by atoms with Crippen LogP contribution in [0.2, 0.25) is 0 Å². The van der Waals surface area contributed by atoms with Gasteiger partial charge in [-0.1, -0.05) is 24.3 Å². The van der Waals surface area contributed by atoms with Crippen LogP contribution < -0.4 is 0 Å². The molecule has 1 aromatic heterocycles. The van der Waals surface area contributed by atoms with Gasteiger partial charge in [0.15, 0.2) is 0 Å². The summed E-state index contributed by atoms with van der Waals surface area (Å²) >= 11 is 0. The van der Waals surface area contributed by atoms with Gasteiger partial charge in [0.1, 0.15) is 11.5 Å². The van der Waals surface area contributed by atoms with Gasteiger partial charge in [-0.05, 0) is 48.0 Å². The Balaban J connectivity index is 1.90. The topological polar surface area (TPSA) is 87.0 Å². The van der Waals surface area contributed by atoms with E-state index in [1.165, 1.54) is 7.11 Å². The molecule has 0 fully saturated rings. The zero-order valence-electron chi connectivity index (χ0n) is 14.5. The van der Waals surface area contributed by atoms with Gasteiger partial charge in [0.05, 0.1) is 35.9 Å². The first-order chi connectivity index (χ1) is 13.1. The fourth-order valence-corrected chi connectivity index (χ4v) is 2.55. The van der Waals surface area contributed by atoms with Crippen molar-refractivity contribution < 1.29 is 13.9 Å². The Hall–Kier alpha value is -4.09. The van der Waals surface area contributed by atoms with Crippen LogP contribution in [0.1, 0.15) is 27.2 Å². The smallest absolute Gasteiger partial charge is 0.337 e. The molecule has 0 N–H and O–H groups in total. The highest BCUT2D eigenvalue weighted by molar-refractivity contribution is 5.91. The van der Waals surface area contributed by atoms with Crippen LogP contribution in [-0.2, 0) is 4.74 Å². The van der Waals surface area contributed by atoms with Gasteiger partial charge in [-0.2, -0.15) is 10.5 Å². The van der Waals surface area contributed by atoms with E-state index in [1.54, 1.807) is 60.7 Å². The number of hydrogen-bond donors (Lipinski definition) is 0. The third kappa shape index (κ3) is 3.95. The molecule has 2 aromatic carbocycles. The first kappa shape index (κ1) is 17.7. The fourth-order valence-electron chi connectivity index (χ4n) is 2.55. The van der Waals surface area contributed by atoms with E-state index in [0.717, 1.165) is 5.56 Å². The summed E-state index contributed by atoms with van der Waals surface area (Å²) in [7, 11) is 1.33. The van der Waals surface area contributed by atoms with Crippen molar-refractivity contribution in [3.8, 4) is 23.5 Å². The summed E-state index contributed by atoms with van der Waals surface area (Å²) in [6, 6.07) is 21.4. The minimum atomic E-state index is -0.420. The van der Waals surface area contributed by atoms with Crippen molar-refractivity contribution in [3.63, 3.8) is 0 Å². The van der Waals surface area contributed by atoms with E-state index in [2.05, 4.69) is 6.07 Å². The molecule has 0 radical (unpaired) electrons. The van der Waals surface area contributed by atoms with Crippen molar-refractivity contribution in [2.45, 2.75) is 0 Å². The number of hydrogen-bond acceptors (Lipinski definition) is 5. The molecule has 3 rings (SSSR count). The Kier molecular flexibility index (Phi) is 5.16. The predicted octanol–water partition coefficient (Wildman–Crippen LogP) is 4.67. The Morgan fingerprint density at radius 3 is 2.48 bits per heavy atom. The number of ether oxygens (including phenoxy) is 1. The van der Waals surface area contributed by atoms with Gasteiger partial charge in [-0.3, -0.25) is 0 Å². The molecular weight excluding hydrogens is 340 g/mol. The summed E-state index contributed by atoms with van der Waals surface area (Å²) in [6.07, 6.45) is 1.63. The average Bonchev–Trinajstić information content (AvgIpc) is 3.20. The minimum absolute atomic E-state index is 0.420. The van der Waals surface area contributed by atoms with Crippen molar-refractivity contribution in [3.05, 3.63) is 83.1 Å². The number of furan rings is 1. The molecule has 0 bridgehead atoms. The predicted molar refractivity (Wildman–Crippen MR) is 100 cm³/mol. The number of rotatable bonds is 4. The van der Waals surface area contributed by atoms with Gasteiger partial charge in [0.2, 0.25) is 0 Å². The molecule has 3 aromatic rings. The number of nitrogens with zero attached hydrogens (tertiary/aromatic N) is 2. The van der Waals surface area contributed by atoms with Crippen molar-refractivity contribution in [1.82, 2.24) is 0 Å². The Morgan fingerprint density at radius 1 is 1.04 bits per heavy atom. The monoisotopic (exact) mass is 354 g/mol. The van der Waals surface area contributed by atoms with Crippen LogP contribution in [0, 0.1) is 22.7 Å². The second kappa shape index (κ2) is 7.86. The van der Waals surface area contributed by atoms with Crippen molar-refractivity contribution in [1.29, 1.82) is 10.5 Å². The van der Waals surface area contributed by atoms with E-state index >= 15 is 0 Å². The quantitative estimate of drug-likeness (QED) is 0.502. The molecule has 130 valence electrons. The van der Waals surface area contributed by atoms with Gasteiger partial charge in [0, 0.05) is 5.56 Å². The highest BCUT2D eigenvalue weighted by Crippen LogP contribution is 2.26. The lowest BCUT2D eigenvalue weighted by Crippen LogP contribution is -2.00. The van der Waals surface area contributed by atoms with Gasteiger partial charge < -0.3 is 9.15 Å². The number of carbonyl (C=O) groups excluding carboxylic acids is 1. The lowest BCUT2D eigenvalue weighted by molar-refractivity contribution is 0.0601. The SMILES string of the molecule is COC(=O)c1cccc(-c2ccc(/C=C(\C#N)c3ccc(C#N)cc3)o2)c1. The molecule has 0 amide bonds. The van der Waals surface area contributed by atoms with Crippen molar-refractivity contribution >= 4 is 17.6 Å². The van der Waals surface area contributed by atoms with E-state index in [4.69, 9.17) is 14.4 Å². The summed E-state index contributed by atoms with van der Waals surface area (Å²) in [4.78, 5) is 11.7. The largest absolute Gasteiger partial charge is 0.465 e. The van der Waals surface area contributed by atoms with E-state index in [9.17, 15) is 10.1 Å². The molecule has 1 heterocycles. The van der Waals surface area contributed by atoms with Gasteiger partial charge in [0.25, 0.3) is 0 Å². The van der Waals surface area contributed by atoms with Crippen LogP contribution in [-0.4, -0.2) is 13.1 Å². The molecule has 0 saturated heterocycles. The summed E-state index contributed by atoms with van der Waals surface area (Å²) in [5.74, 6) is 0.662. The normalized spacial score (nSPS) is 10.7. The van der Waals surface area contributed by atoms with Crippen LogP contribution in [0.15, 0.2) is 65.1 Å². The van der Waals surface area contributed by atoms with Crippen LogP contribution in [0.25, 0.3) is 23.0 Å². The molecule has 0 aliphatic rings. The molecule has 5 nitrogen and oxygen atoms in total. The molecule has 0 unspecified atom stereocenters. The zero-order valence-corrected chi connectivity index (χ0v) is 14.5. The maximum absolute atomic E-state index is 11.7. The standard InChI is InChI=1S/C22H14N2O3/c1-26-22(25)18-4-2-3-17(11-18)21-10-9-20(27-21)12-19(14-24)16-7-5-15(13-23)6-8-16/h2-12H,1H3/b19-12+. The Labute approximate surface area is 156 Å². The van der Waals surface area contributed by atoms with Crippen LogP contribution >= 0.6 is 0 Å². The fraction of sp³-hybridized carbons (Fsp3) is 0.0455. The first-order valence-electron chi connectivity index (χ1n) is 8.05. The number of carbonyl (C=O) groups is 1. The summed E-state index contributed by atoms with van der Waals surface area (Å²) in [6.45, 7) is 0. The van der Waals surface area contributed by atoms with Crippen molar-refractivity contribution in [2.75, 3.05) is 7.11 Å². The van der Waals surface area contributed by atoms with Crippen LogP contribution in [0.3, 0.4) is 0 Å². The zero-order chi connectivity index (χ0) is 19.2. The van der Waals surface area contributed by atoms with Crippen LogP contribution in [0.4, 0.5) is 0 Å². The number of methoxy groups -OCH3 is 1. The van der Waals surface area contributed by atoms with Gasteiger partial charge in [-0.25, -0.2) is 4.79 Å². The third-order valence-corrected chi connectivity index (χ3v) is 3.93. The molecule has 0 aliphatic heterocycles. The average molecular weight is 354 g/mol. The molecule has 27 heavy (non-hydrogen) atoms. The van der Waals surface area contributed by atoms with Gasteiger partial charge >= 0.3 is 5.97 Å².